The summed E-state index contributed by atoms with van der Waals surface area (Å²) in [4.78, 5) is 4.30. The van der Waals surface area contributed by atoms with Crippen molar-refractivity contribution >= 4 is 27.3 Å². The molecule has 0 amide bonds. The van der Waals surface area contributed by atoms with E-state index in [2.05, 4.69) is 55.8 Å². The van der Waals surface area contributed by atoms with Crippen LogP contribution in [0.15, 0.2) is 35.1 Å². The molecule has 0 saturated heterocycles. The van der Waals surface area contributed by atoms with Crippen molar-refractivity contribution in [1.82, 2.24) is 4.98 Å². The van der Waals surface area contributed by atoms with Gasteiger partial charge in [-0.1, -0.05) is 18.2 Å². The smallest absolute Gasteiger partial charge is 0.109 e. The molecular formula is C15H16BrN3. The minimum atomic E-state index is 0.818. The summed E-state index contributed by atoms with van der Waals surface area (Å²) in [6.45, 7) is 3.91. The number of fused-ring (bicyclic) bond motifs is 1. The normalized spacial score (nSPS) is 12.9. The number of nitrogens with one attached hydrogen (secondary N) is 2. The largest absolute Gasteiger partial charge is 0.384 e. The molecule has 0 fully saturated rings. The number of pyridine rings is 1. The number of benzene rings is 1. The zero-order chi connectivity index (χ0) is 13.2. The van der Waals surface area contributed by atoms with Crippen molar-refractivity contribution in [2.75, 3.05) is 17.2 Å². The first-order chi connectivity index (χ1) is 9.24. The molecule has 2 heterocycles. The van der Waals surface area contributed by atoms with Crippen LogP contribution in [0, 0.1) is 6.92 Å². The first-order valence-corrected chi connectivity index (χ1v) is 7.24. The Morgan fingerprint density at radius 1 is 1.42 bits per heavy atom. The Kier molecular flexibility index (Phi) is 3.42. The third kappa shape index (κ3) is 2.59. The molecule has 98 valence electrons. The number of nitrogens with zero attached hydrogens (tertiary/aromatic N) is 1. The summed E-state index contributed by atoms with van der Waals surface area (Å²) in [5.74, 6) is 0. The molecule has 4 heteroatoms. The van der Waals surface area contributed by atoms with Gasteiger partial charge in [-0.25, -0.2) is 4.98 Å². The molecule has 19 heavy (non-hydrogen) atoms. The lowest BCUT2D eigenvalue weighted by atomic mass is 10.1. The number of hydrogen-bond donors (Lipinski definition) is 2. The fraction of sp³-hybridized carbons (Fsp3) is 0.267. The van der Waals surface area contributed by atoms with Crippen LogP contribution in [0.2, 0.25) is 0 Å². The number of rotatable bonds is 3. The third-order valence-electron chi connectivity index (χ3n) is 3.43. The second-order valence-electron chi connectivity index (χ2n) is 4.81. The average Bonchev–Trinajstić information content (AvgIpc) is 2.89. The molecule has 3 nitrogen and oxygen atoms in total. The van der Waals surface area contributed by atoms with E-state index in [9.17, 15) is 0 Å². The average molecular weight is 318 g/mol. The maximum atomic E-state index is 4.30. The van der Waals surface area contributed by atoms with Gasteiger partial charge in [-0.2, -0.15) is 0 Å². The topological polar surface area (TPSA) is 37.0 Å². The minimum Gasteiger partial charge on any atom is -0.384 e. The van der Waals surface area contributed by atoms with Crippen LogP contribution in [0.4, 0.5) is 11.4 Å². The second-order valence-corrected chi connectivity index (χ2v) is 5.56. The van der Waals surface area contributed by atoms with Crippen LogP contribution in [-0.4, -0.2) is 11.5 Å². The molecule has 0 bridgehead atoms. The lowest BCUT2D eigenvalue weighted by molar-refractivity contribution is 1.11. The summed E-state index contributed by atoms with van der Waals surface area (Å²) in [7, 11) is 0. The highest BCUT2D eigenvalue weighted by molar-refractivity contribution is 9.10. The van der Waals surface area contributed by atoms with Crippen molar-refractivity contribution in [3.05, 3.63) is 51.8 Å². The molecule has 0 unspecified atom stereocenters. The molecule has 1 aromatic heterocycles. The van der Waals surface area contributed by atoms with Gasteiger partial charge in [0.05, 0.1) is 11.9 Å². The van der Waals surface area contributed by atoms with Crippen molar-refractivity contribution in [2.45, 2.75) is 19.9 Å². The predicted molar refractivity (Wildman–Crippen MR) is 82.6 cm³/mol. The fourth-order valence-electron chi connectivity index (χ4n) is 2.41. The molecule has 0 aliphatic carbocycles. The number of hydrogen-bond acceptors (Lipinski definition) is 3. The maximum absolute atomic E-state index is 4.30. The Morgan fingerprint density at radius 3 is 3.16 bits per heavy atom. The first-order valence-electron chi connectivity index (χ1n) is 6.45. The molecule has 3 rings (SSSR count). The van der Waals surface area contributed by atoms with E-state index < -0.39 is 0 Å². The van der Waals surface area contributed by atoms with Gasteiger partial charge < -0.3 is 10.6 Å². The SMILES string of the molecule is Cc1cc(NCc2cccc3c2NCC3)cnc1Br. The van der Waals surface area contributed by atoms with Gasteiger partial charge in [0.15, 0.2) is 0 Å². The Hall–Kier alpha value is -1.55. The number of aryl methyl sites for hydroxylation is 1. The van der Waals surface area contributed by atoms with Gasteiger partial charge in [-0.15, -0.1) is 0 Å². The summed E-state index contributed by atoms with van der Waals surface area (Å²) >= 11 is 3.42. The third-order valence-corrected chi connectivity index (χ3v) is 4.26. The molecule has 0 spiro atoms. The van der Waals surface area contributed by atoms with Crippen molar-refractivity contribution < 1.29 is 0 Å². The van der Waals surface area contributed by atoms with Gasteiger partial charge >= 0.3 is 0 Å². The summed E-state index contributed by atoms with van der Waals surface area (Å²) in [5, 5.41) is 6.90. The van der Waals surface area contributed by atoms with Crippen LogP contribution >= 0.6 is 15.9 Å². The number of anilines is 2. The summed E-state index contributed by atoms with van der Waals surface area (Å²) in [6.07, 6.45) is 2.98. The van der Waals surface area contributed by atoms with E-state index in [1.54, 1.807) is 0 Å². The summed E-state index contributed by atoms with van der Waals surface area (Å²) in [5.41, 5.74) is 6.23. The quantitative estimate of drug-likeness (QED) is 0.847. The van der Waals surface area contributed by atoms with E-state index in [1.165, 1.54) is 16.8 Å². The Bertz CT molecular complexity index is 610. The van der Waals surface area contributed by atoms with E-state index in [0.29, 0.717) is 0 Å². The predicted octanol–water partition coefficient (Wildman–Crippen LogP) is 3.73. The monoisotopic (exact) mass is 317 g/mol. The minimum absolute atomic E-state index is 0.818. The van der Waals surface area contributed by atoms with Crippen LogP contribution < -0.4 is 10.6 Å². The summed E-state index contributed by atoms with van der Waals surface area (Å²) < 4.78 is 0.903. The van der Waals surface area contributed by atoms with Crippen molar-refractivity contribution in [1.29, 1.82) is 0 Å². The molecule has 1 aliphatic heterocycles. The van der Waals surface area contributed by atoms with Crippen molar-refractivity contribution in [2.24, 2.45) is 0 Å². The molecule has 2 N–H and O–H groups in total. The zero-order valence-electron chi connectivity index (χ0n) is 10.8. The lowest BCUT2D eigenvalue weighted by Gasteiger charge is -2.11. The van der Waals surface area contributed by atoms with Gasteiger partial charge in [-0.05, 0) is 52.0 Å². The molecule has 2 aromatic rings. The Labute approximate surface area is 121 Å². The van der Waals surface area contributed by atoms with E-state index >= 15 is 0 Å². The molecule has 0 saturated carbocycles. The van der Waals surface area contributed by atoms with Gasteiger partial charge in [-0.3, -0.25) is 0 Å². The van der Waals surface area contributed by atoms with E-state index in [1.807, 2.05) is 13.1 Å². The highest BCUT2D eigenvalue weighted by atomic mass is 79.9. The molecule has 0 atom stereocenters. The highest BCUT2D eigenvalue weighted by Crippen LogP contribution is 2.27. The van der Waals surface area contributed by atoms with Crippen LogP contribution in [0.3, 0.4) is 0 Å². The highest BCUT2D eigenvalue weighted by Gasteiger charge is 2.13. The van der Waals surface area contributed by atoms with E-state index in [-0.39, 0.29) is 0 Å². The molecular weight excluding hydrogens is 302 g/mol. The second kappa shape index (κ2) is 5.21. The van der Waals surface area contributed by atoms with Crippen LogP contribution in [0.1, 0.15) is 16.7 Å². The van der Waals surface area contributed by atoms with Crippen LogP contribution in [-0.2, 0) is 13.0 Å². The first kappa shape index (κ1) is 12.5. The standard InChI is InChI=1S/C15H16BrN3/c1-10-7-13(9-19-15(10)16)18-8-12-4-2-3-11-5-6-17-14(11)12/h2-4,7,9,17-18H,5-6,8H2,1H3. The van der Waals surface area contributed by atoms with Crippen LogP contribution in [0.5, 0.6) is 0 Å². The Morgan fingerprint density at radius 2 is 2.32 bits per heavy atom. The van der Waals surface area contributed by atoms with Gasteiger partial charge in [0, 0.05) is 18.8 Å². The zero-order valence-corrected chi connectivity index (χ0v) is 12.4. The lowest BCUT2D eigenvalue weighted by Crippen LogP contribution is -2.03. The van der Waals surface area contributed by atoms with Crippen molar-refractivity contribution in [3.63, 3.8) is 0 Å². The van der Waals surface area contributed by atoms with E-state index in [4.69, 9.17) is 0 Å². The maximum Gasteiger partial charge on any atom is 0.109 e. The van der Waals surface area contributed by atoms with E-state index in [0.717, 1.165) is 35.4 Å². The molecule has 0 radical (unpaired) electrons. The number of halogens is 1. The van der Waals surface area contributed by atoms with Crippen molar-refractivity contribution in [3.8, 4) is 0 Å². The molecule has 1 aromatic carbocycles. The number of aromatic nitrogens is 1. The van der Waals surface area contributed by atoms with Crippen LogP contribution in [0.25, 0.3) is 0 Å². The van der Waals surface area contributed by atoms with Gasteiger partial charge in [0.25, 0.3) is 0 Å². The number of para-hydroxylation sites is 1. The fourth-order valence-corrected chi connectivity index (χ4v) is 2.63. The summed E-state index contributed by atoms with van der Waals surface area (Å²) in [6, 6.07) is 8.61. The Balaban J connectivity index is 1.76. The molecule has 1 aliphatic rings. The van der Waals surface area contributed by atoms with Gasteiger partial charge in [0.2, 0.25) is 0 Å². The van der Waals surface area contributed by atoms with Gasteiger partial charge in [0.1, 0.15) is 4.60 Å².